The zero-order valence-electron chi connectivity index (χ0n) is 10.3. The zero-order valence-corrected chi connectivity index (χ0v) is 10.3. The first kappa shape index (κ1) is 13.2. The van der Waals surface area contributed by atoms with Gasteiger partial charge in [-0.2, -0.15) is 0 Å². The molecule has 4 nitrogen and oxygen atoms in total. The van der Waals surface area contributed by atoms with Crippen LogP contribution < -0.4 is 5.32 Å². The minimum atomic E-state index is -1.09. The van der Waals surface area contributed by atoms with Crippen molar-refractivity contribution in [3.05, 3.63) is 29.3 Å². The quantitative estimate of drug-likeness (QED) is 0.787. The molecule has 0 aliphatic carbocycles. The lowest BCUT2D eigenvalue weighted by Gasteiger charge is -2.11. The fourth-order valence-corrected chi connectivity index (χ4v) is 1.75. The summed E-state index contributed by atoms with van der Waals surface area (Å²) in [5.41, 5.74) is 2.71. The van der Waals surface area contributed by atoms with E-state index in [1.807, 2.05) is 32.0 Å². The largest absolute Gasteiger partial charge is 0.481 e. The maximum atomic E-state index is 11.7. The van der Waals surface area contributed by atoms with Gasteiger partial charge in [0, 0.05) is 5.69 Å². The molecule has 1 atom stereocenters. The van der Waals surface area contributed by atoms with Crippen LogP contribution in [0.25, 0.3) is 0 Å². The molecule has 0 aliphatic rings. The van der Waals surface area contributed by atoms with E-state index >= 15 is 0 Å². The third-order valence-electron chi connectivity index (χ3n) is 2.51. The number of hydrogen-bond donors (Lipinski definition) is 2. The third kappa shape index (κ3) is 3.59. The molecule has 92 valence electrons. The molecule has 2 N–H and O–H groups in total. The number of carboxylic acid groups (broad SMARTS) is 1. The van der Waals surface area contributed by atoms with Crippen LogP contribution in [0.5, 0.6) is 0 Å². The molecule has 0 saturated heterocycles. The number of aryl methyl sites for hydroxylation is 2. The Labute approximate surface area is 101 Å². The molecule has 17 heavy (non-hydrogen) atoms. The summed E-state index contributed by atoms with van der Waals surface area (Å²) in [6.07, 6.45) is 0.284. The van der Waals surface area contributed by atoms with Crippen molar-refractivity contribution >= 4 is 17.6 Å². The van der Waals surface area contributed by atoms with E-state index in [-0.39, 0.29) is 6.42 Å². The molecule has 1 aromatic rings. The van der Waals surface area contributed by atoms with E-state index in [4.69, 9.17) is 5.11 Å². The standard InChI is InChI=1S/C13H17NO3/c1-4-11(13(16)17)12(15)14-10-6-8(2)5-9(3)7-10/h5-7,11H,4H2,1-3H3,(H,14,15)(H,16,17). The lowest BCUT2D eigenvalue weighted by atomic mass is 10.1. The maximum absolute atomic E-state index is 11.7. The first-order valence-corrected chi connectivity index (χ1v) is 5.56. The van der Waals surface area contributed by atoms with Gasteiger partial charge in [-0.1, -0.05) is 13.0 Å². The molecule has 0 radical (unpaired) electrons. The number of carboxylic acids is 1. The topological polar surface area (TPSA) is 66.4 Å². The second-order valence-electron chi connectivity index (χ2n) is 4.16. The highest BCUT2D eigenvalue weighted by atomic mass is 16.4. The van der Waals surface area contributed by atoms with Gasteiger partial charge in [0.2, 0.25) is 5.91 Å². The number of amides is 1. The van der Waals surface area contributed by atoms with Crippen LogP contribution in [0.3, 0.4) is 0 Å². The lowest BCUT2D eigenvalue weighted by molar-refractivity contribution is -0.145. The van der Waals surface area contributed by atoms with Gasteiger partial charge in [-0.3, -0.25) is 9.59 Å². The molecule has 0 fully saturated rings. The number of benzene rings is 1. The first-order valence-electron chi connectivity index (χ1n) is 5.56. The maximum Gasteiger partial charge on any atom is 0.316 e. The Hall–Kier alpha value is -1.84. The van der Waals surface area contributed by atoms with Gasteiger partial charge in [-0.15, -0.1) is 0 Å². The summed E-state index contributed by atoms with van der Waals surface area (Å²) in [5.74, 6) is -2.55. The molecule has 0 bridgehead atoms. The van der Waals surface area contributed by atoms with Crippen molar-refractivity contribution in [2.75, 3.05) is 5.32 Å². The number of rotatable bonds is 4. The van der Waals surface area contributed by atoms with Crippen LogP contribution in [-0.2, 0) is 9.59 Å². The van der Waals surface area contributed by atoms with Gasteiger partial charge in [-0.25, -0.2) is 0 Å². The highest BCUT2D eigenvalue weighted by Gasteiger charge is 2.23. The average Bonchev–Trinajstić information content (AvgIpc) is 2.15. The summed E-state index contributed by atoms with van der Waals surface area (Å²) >= 11 is 0. The third-order valence-corrected chi connectivity index (χ3v) is 2.51. The molecule has 0 saturated carbocycles. The molecule has 0 spiro atoms. The Kier molecular flexibility index (Phi) is 4.26. The van der Waals surface area contributed by atoms with Crippen LogP contribution in [0, 0.1) is 19.8 Å². The normalized spacial score (nSPS) is 11.9. The van der Waals surface area contributed by atoms with E-state index in [1.165, 1.54) is 0 Å². The fraction of sp³-hybridized carbons (Fsp3) is 0.385. The summed E-state index contributed by atoms with van der Waals surface area (Å²) in [4.78, 5) is 22.6. The highest BCUT2D eigenvalue weighted by Crippen LogP contribution is 2.15. The predicted molar refractivity (Wildman–Crippen MR) is 66.0 cm³/mol. The predicted octanol–water partition coefficient (Wildman–Crippen LogP) is 2.35. The number of carbonyl (C=O) groups is 2. The molecule has 0 aliphatic heterocycles. The smallest absolute Gasteiger partial charge is 0.316 e. The van der Waals surface area contributed by atoms with E-state index in [1.54, 1.807) is 6.92 Å². The Morgan fingerprint density at radius 1 is 1.24 bits per heavy atom. The molecule has 1 unspecified atom stereocenters. The van der Waals surface area contributed by atoms with E-state index in [0.717, 1.165) is 11.1 Å². The number of anilines is 1. The van der Waals surface area contributed by atoms with Crippen LogP contribution in [0.15, 0.2) is 18.2 Å². The number of nitrogens with one attached hydrogen (secondary N) is 1. The van der Waals surface area contributed by atoms with Crippen molar-refractivity contribution in [3.63, 3.8) is 0 Å². The Bertz CT molecular complexity index is 420. The SMILES string of the molecule is CCC(C(=O)O)C(=O)Nc1cc(C)cc(C)c1. The molecule has 0 heterocycles. The Morgan fingerprint density at radius 2 is 1.76 bits per heavy atom. The van der Waals surface area contributed by atoms with Crippen LogP contribution in [-0.4, -0.2) is 17.0 Å². The van der Waals surface area contributed by atoms with Crippen molar-refractivity contribution in [1.82, 2.24) is 0 Å². The van der Waals surface area contributed by atoms with Crippen molar-refractivity contribution in [1.29, 1.82) is 0 Å². The number of carbonyl (C=O) groups excluding carboxylic acids is 1. The van der Waals surface area contributed by atoms with Gasteiger partial charge in [-0.05, 0) is 43.5 Å². The molecule has 1 amide bonds. The fourth-order valence-electron chi connectivity index (χ4n) is 1.75. The van der Waals surface area contributed by atoms with Crippen LogP contribution >= 0.6 is 0 Å². The van der Waals surface area contributed by atoms with Crippen molar-refractivity contribution in [2.45, 2.75) is 27.2 Å². The first-order chi connectivity index (χ1) is 7.93. The van der Waals surface area contributed by atoms with E-state index < -0.39 is 17.8 Å². The minimum absolute atomic E-state index is 0.284. The molecule has 4 heteroatoms. The highest BCUT2D eigenvalue weighted by molar-refractivity contribution is 6.04. The van der Waals surface area contributed by atoms with E-state index in [0.29, 0.717) is 5.69 Å². The molecule has 1 aromatic carbocycles. The van der Waals surface area contributed by atoms with Gasteiger partial charge < -0.3 is 10.4 Å². The van der Waals surface area contributed by atoms with Gasteiger partial charge >= 0.3 is 5.97 Å². The monoisotopic (exact) mass is 235 g/mol. The van der Waals surface area contributed by atoms with Crippen LogP contribution in [0.2, 0.25) is 0 Å². The lowest BCUT2D eigenvalue weighted by Crippen LogP contribution is -2.28. The van der Waals surface area contributed by atoms with Gasteiger partial charge in [0.15, 0.2) is 0 Å². The Balaban J connectivity index is 2.83. The van der Waals surface area contributed by atoms with Crippen molar-refractivity contribution < 1.29 is 14.7 Å². The summed E-state index contributed by atoms with van der Waals surface area (Å²) < 4.78 is 0. The summed E-state index contributed by atoms with van der Waals surface area (Å²) in [6, 6.07) is 5.63. The molecule has 0 aromatic heterocycles. The summed E-state index contributed by atoms with van der Waals surface area (Å²) in [5, 5.41) is 11.5. The van der Waals surface area contributed by atoms with Crippen molar-refractivity contribution in [2.24, 2.45) is 5.92 Å². The van der Waals surface area contributed by atoms with Crippen molar-refractivity contribution in [3.8, 4) is 0 Å². The van der Waals surface area contributed by atoms with Crippen LogP contribution in [0.4, 0.5) is 5.69 Å². The summed E-state index contributed by atoms with van der Waals surface area (Å²) in [7, 11) is 0. The number of hydrogen-bond acceptors (Lipinski definition) is 2. The molecular formula is C13H17NO3. The van der Waals surface area contributed by atoms with Gasteiger partial charge in [0.05, 0.1) is 0 Å². The second kappa shape index (κ2) is 5.48. The number of aliphatic carboxylic acids is 1. The average molecular weight is 235 g/mol. The van der Waals surface area contributed by atoms with E-state index in [2.05, 4.69) is 5.32 Å². The molecule has 1 rings (SSSR count). The second-order valence-corrected chi connectivity index (χ2v) is 4.16. The minimum Gasteiger partial charge on any atom is -0.481 e. The van der Waals surface area contributed by atoms with Gasteiger partial charge in [0.25, 0.3) is 0 Å². The van der Waals surface area contributed by atoms with Gasteiger partial charge in [0.1, 0.15) is 5.92 Å². The van der Waals surface area contributed by atoms with Crippen LogP contribution in [0.1, 0.15) is 24.5 Å². The summed E-state index contributed by atoms with van der Waals surface area (Å²) in [6.45, 7) is 5.54. The molecular weight excluding hydrogens is 218 g/mol. The van der Waals surface area contributed by atoms with E-state index in [9.17, 15) is 9.59 Å². The zero-order chi connectivity index (χ0) is 13.0. The Morgan fingerprint density at radius 3 is 2.18 bits per heavy atom.